The van der Waals surface area contributed by atoms with Crippen LogP contribution in [0.2, 0.25) is 0 Å². The zero-order chi connectivity index (χ0) is 19.6. The molecule has 8 nitrogen and oxygen atoms in total. The fraction of sp³-hybridized carbons (Fsp3) is 0.750. The zero-order valence-electron chi connectivity index (χ0n) is 15.7. The fourth-order valence-electron chi connectivity index (χ4n) is 3.07. The van der Waals surface area contributed by atoms with Crippen LogP contribution >= 0.6 is 8.61 Å². The van der Waals surface area contributed by atoms with Crippen molar-refractivity contribution >= 4 is 8.61 Å². The number of ether oxygens (including phenoxy) is 1. The summed E-state index contributed by atoms with van der Waals surface area (Å²) in [6, 6.07) is -0.0810. The molecule has 0 amide bonds. The highest BCUT2D eigenvalue weighted by atomic mass is 31.2. The van der Waals surface area contributed by atoms with E-state index in [1.807, 2.05) is 27.7 Å². The first-order valence-corrected chi connectivity index (χ1v) is 9.75. The van der Waals surface area contributed by atoms with E-state index in [1.54, 1.807) is 11.6 Å². The second kappa shape index (κ2) is 8.71. The van der Waals surface area contributed by atoms with Gasteiger partial charge in [0.2, 0.25) is 0 Å². The van der Waals surface area contributed by atoms with Crippen LogP contribution in [0.3, 0.4) is 0 Å². The summed E-state index contributed by atoms with van der Waals surface area (Å²) in [6.07, 6.45) is -0.588. The molecular formula is C16H27FN3O5P. The Kier molecular flexibility index (Phi) is 7.10. The van der Waals surface area contributed by atoms with Gasteiger partial charge in [-0.2, -0.15) is 4.20 Å². The van der Waals surface area contributed by atoms with Crippen molar-refractivity contribution in [2.45, 2.75) is 71.6 Å². The molecule has 2 rings (SSSR count). The van der Waals surface area contributed by atoms with Gasteiger partial charge in [-0.15, -0.1) is 0 Å². The number of hydrogen-bond donors (Lipinski definition) is 2. The molecule has 10 heteroatoms. The Morgan fingerprint density at radius 3 is 2.58 bits per heavy atom. The van der Waals surface area contributed by atoms with Crippen LogP contribution in [0.25, 0.3) is 0 Å². The molecule has 0 spiro atoms. The van der Waals surface area contributed by atoms with Gasteiger partial charge in [0.15, 0.2) is 0 Å². The molecule has 1 aliphatic heterocycles. The van der Waals surface area contributed by atoms with Gasteiger partial charge in [-0.25, -0.2) is 9.46 Å². The number of halogens is 1. The second-order valence-electron chi connectivity index (χ2n) is 6.96. The molecule has 1 aliphatic rings. The zero-order valence-corrected chi connectivity index (χ0v) is 16.6. The van der Waals surface area contributed by atoms with E-state index in [9.17, 15) is 18.9 Å². The van der Waals surface area contributed by atoms with Crippen molar-refractivity contribution in [3.63, 3.8) is 0 Å². The molecular weight excluding hydrogens is 364 g/mol. The first-order chi connectivity index (χ1) is 12.1. The third kappa shape index (κ3) is 4.58. The van der Waals surface area contributed by atoms with Crippen molar-refractivity contribution in [2.75, 3.05) is 6.61 Å². The lowest BCUT2D eigenvalue weighted by Crippen LogP contribution is -2.34. The normalized spacial score (nSPS) is 24.8. The topological polar surface area (TPSA) is 96.8 Å². The Labute approximate surface area is 152 Å². The highest BCUT2D eigenvalue weighted by molar-refractivity contribution is 7.44. The highest BCUT2D eigenvalue weighted by Crippen LogP contribution is 2.49. The van der Waals surface area contributed by atoms with Crippen LogP contribution in [0, 0.1) is 6.92 Å². The number of H-pyrrole nitrogens is 1. The molecule has 2 N–H and O–H groups in total. The molecule has 1 fully saturated rings. The van der Waals surface area contributed by atoms with E-state index in [0.29, 0.717) is 5.56 Å². The summed E-state index contributed by atoms with van der Waals surface area (Å²) in [5, 5.41) is 9.56. The fourth-order valence-corrected chi connectivity index (χ4v) is 4.35. The third-order valence-corrected chi connectivity index (χ3v) is 6.01. The van der Waals surface area contributed by atoms with Gasteiger partial charge in [0.25, 0.3) is 5.56 Å². The number of aromatic nitrogens is 2. The molecule has 0 aliphatic carbocycles. The van der Waals surface area contributed by atoms with E-state index in [1.165, 1.54) is 10.8 Å². The van der Waals surface area contributed by atoms with E-state index >= 15 is 0 Å². The molecule has 1 aromatic rings. The molecule has 26 heavy (non-hydrogen) atoms. The predicted octanol–water partition coefficient (Wildman–Crippen LogP) is 1.83. The number of aryl methyl sites for hydroxylation is 1. The first-order valence-electron chi connectivity index (χ1n) is 8.65. The van der Waals surface area contributed by atoms with E-state index in [0.717, 1.165) is 0 Å². The number of aromatic amines is 1. The molecule has 0 aromatic carbocycles. The SMILES string of the molecule is Cc1cn([C@H]2C[C@H](OP(F)N(C(C)C)C(C)C)[C@@H](CO)O2)c(=O)[nH]c1=O. The Morgan fingerprint density at radius 2 is 2.04 bits per heavy atom. The maximum Gasteiger partial charge on any atom is 0.330 e. The second-order valence-corrected chi connectivity index (χ2v) is 8.09. The molecule has 1 saturated heterocycles. The van der Waals surface area contributed by atoms with Crippen molar-refractivity contribution in [1.82, 2.24) is 14.2 Å². The molecule has 148 valence electrons. The van der Waals surface area contributed by atoms with Crippen molar-refractivity contribution in [3.05, 3.63) is 32.6 Å². The minimum Gasteiger partial charge on any atom is -0.394 e. The number of rotatable bonds is 7. The quantitative estimate of drug-likeness (QED) is 0.689. The van der Waals surface area contributed by atoms with Crippen LogP contribution in [0.1, 0.15) is 45.9 Å². The first kappa shape index (κ1) is 21.2. The van der Waals surface area contributed by atoms with E-state index < -0.39 is 38.3 Å². The average Bonchev–Trinajstić information content (AvgIpc) is 2.92. The van der Waals surface area contributed by atoms with Crippen LogP contribution in [-0.2, 0) is 9.26 Å². The van der Waals surface area contributed by atoms with Gasteiger partial charge in [-0.05, 0) is 34.6 Å². The average molecular weight is 391 g/mol. The van der Waals surface area contributed by atoms with Gasteiger partial charge in [0.1, 0.15) is 12.3 Å². The summed E-state index contributed by atoms with van der Waals surface area (Å²) in [5.41, 5.74) is -0.722. The van der Waals surface area contributed by atoms with Crippen LogP contribution in [-0.4, -0.2) is 50.2 Å². The minimum atomic E-state index is -2.38. The van der Waals surface area contributed by atoms with Crippen molar-refractivity contribution in [3.8, 4) is 0 Å². The minimum absolute atomic E-state index is 0.0405. The van der Waals surface area contributed by atoms with Crippen LogP contribution in [0.15, 0.2) is 15.8 Å². The van der Waals surface area contributed by atoms with Gasteiger partial charge < -0.3 is 14.4 Å². The van der Waals surface area contributed by atoms with Gasteiger partial charge in [-0.3, -0.25) is 14.3 Å². The number of aliphatic hydroxyl groups excluding tert-OH is 1. The summed E-state index contributed by atoms with van der Waals surface area (Å²) in [5.74, 6) is 0. The van der Waals surface area contributed by atoms with Gasteiger partial charge in [0.05, 0.1) is 12.7 Å². The Morgan fingerprint density at radius 1 is 1.42 bits per heavy atom. The summed E-state index contributed by atoms with van der Waals surface area (Å²) in [6.45, 7) is 8.77. The lowest BCUT2D eigenvalue weighted by Gasteiger charge is -2.33. The molecule has 1 aromatic heterocycles. The van der Waals surface area contributed by atoms with Crippen LogP contribution in [0.5, 0.6) is 0 Å². The van der Waals surface area contributed by atoms with Crippen molar-refractivity contribution in [1.29, 1.82) is 0 Å². The number of nitrogens with zero attached hydrogens (tertiary/aromatic N) is 2. The lowest BCUT2D eigenvalue weighted by atomic mass is 10.2. The van der Waals surface area contributed by atoms with Crippen LogP contribution < -0.4 is 11.2 Å². The lowest BCUT2D eigenvalue weighted by molar-refractivity contribution is -0.0427. The summed E-state index contributed by atoms with van der Waals surface area (Å²) >= 11 is 0. The van der Waals surface area contributed by atoms with Gasteiger partial charge in [-0.1, -0.05) is 0 Å². The number of aliphatic hydroxyl groups is 1. The standard InChI is InChI=1S/C16H27FN3O5P/c1-9(2)20(10(3)4)26(17)25-12-6-14(24-13(12)8-21)19-7-11(5)15(22)18-16(19)23/h7,9-10,12-14,21H,6,8H2,1-5H3,(H,18,22,23)/t12-,13+,14+,26?/m0/s1. The third-order valence-electron chi connectivity index (χ3n) is 4.28. The summed E-state index contributed by atoms with van der Waals surface area (Å²) in [7, 11) is -2.38. The predicted molar refractivity (Wildman–Crippen MR) is 96.7 cm³/mol. The molecule has 0 bridgehead atoms. The Hall–Kier alpha value is -1.12. The smallest absolute Gasteiger partial charge is 0.330 e. The summed E-state index contributed by atoms with van der Waals surface area (Å²) in [4.78, 5) is 25.8. The largest absolute Gasteiger partial charge is 0.394 e. The van der Waals surface area contributed by atoms with Crippen LogP contribution in [0.4, 0.5) is 4.20 Å². The highest BCUT2D eigenvalue weighted by Gasteiger charge is 2.40. The monoisotopic (exact) mass is 391 g/mol. The molecule has 0 radical (unpaired) electrons. The Bertz CT molecular complexity index is 715. The number of hydrogen-bond acceptors (Lipinski definition) is 6. The summed E-state index contributed by atoms with van der Waals surface area (Å²) < 4.78 is 28.9. The van der Waals surface area contributed by atoms with E-state index in [2.05, 4.69) is 4.98 Å². The molecule has 0 saturated carbocycles. The van der Waals surface area contributed by atoms with Gasteiger partial charge in [0, 0.05) is 30.3 Å². The van der Waals surface area contributed by atoms with E-state index in [4.69, 9.17) is 9.26 Å². The maximum absolute atomic E-state index is 14.8. The number of nitrogens with one attached hydrogen (secondary N) is 1. The van der Waals surface area contributed by atoms with Crippen molar-refractivity contribution in [2.24, 2.45) is 0 Å². The Balaban J connectivity index is 2.18. The molecule has 4 atom stereocenters. The van der Waals surface area contributed by atoms with E-state index in [-0.39, 0.29) is 25.1 Å². The molecule has 2 heterocycles. The molecule has 1 unspecified atom stereocenters. The van der Waals surface area contributed by atoms with Crippen molar-refractivity contribution < 1.29 is 18.6 Å². The maximum atomic E-state index is 14.8. The van der Waals surface area contributed by atoms with Gasteiger partial charge >= 0.3 is 14.3 Å².